The van der Waals surface area contributed by atoms with Gasteiger partial charge in [-0.25, -0.2) is 4.79 Å². The SMILES string of the molecule is CCOc1cc(-c2cc(C)[nH]c(=O)c2C#N)c(Cl)cc1OCC(=O)OC. The quantitative estimate of drug-likeness (QED) is 0.778. The van der Waals surface area contributed by atoms with Crippen LogP contribution in [0.4, 0.5) is 0 Å². The minimum atomic E-state index is -0.551. The molecule has 0 spiro atoms. The molecule has 0 radical (unpaired) electrons. The number of rotatable bonds is 6. The Balaban J connectivity index is 2.58. The van der Waals surface area contributed by atoms with Gasteiger partial charge in [0.25, 0.3) is 5.56 Å². The first-order chi connectivity index (χ1) is 12.4. The Bertz CT molecular complexity index is 930. The second-order valence-electron chi connectivity index (χ2n) is 5.26. The van der Waals surface area contributed by atoms with Gasteiger partial charge in [-0.1, -0.05) is 11.6 Å². The van der Waals surface area contributed by atoms with Crippen molar-refractivity contribution in [3.05, 3.63) is 44.8 Å². The summed E-state index contributed by atoms with van der Waals surface area (Å²) < 4.78 is 15.5. The maximum atomic E-state index is 12.0. The molecule has 0 amide bonds. The monoisotopic (exact) mass is 376 g/mol. The molecule has 7 nitrogen and oxygen atoms in total. The molecular formula is C18H17ClN2O5. The largest absolute Gasteiger partial charge is 0.490 e. The van der Waals surface area contributed by atoms with Crippen molar-refractivity contribution in [2.45, 2.75) is 13.8 Å². The standard InChI is InChI=1S/C18H17ClN2O5/c1-4-25-15-6-12(11-5-10(2)21-18(23)13(11)8-20)14(19)7-16(15)26-9-17(22)24-3/h5-7H,4,9H2,1-3H3,(H,21,23). The van der Waals surface area contributed by atoms with Gasteiger partial charge >= 0.3 is 5.97 Å². The summed E-state index contributed by atoms with van der Waals surface area (Å²) in [4.78, 5) is 25.9. The van der Waals surface area contributed by atoms with Gasteiger partial charge in [-0.05, 0) is 26.0 Å². The number of hydrogen-bond donors (Lipinski definition) is 1. The second-order valence-corrected chi connectivity index (χ2v) is 5.67. The number of esters is 1. The molecule has 0 unspecified atom stereocenters. The predicted octanol–water partition coefficient (Wildman–Crippen LogP) is 2.83. The van der Waals surface area contributed by atoms with E-state index in [4.69, 9.17) is 21.1 Å². The number of aryl methyl sites for hydroxylation is 1. The summed E-state index contributed by atoms with van der Waals surface area (Å²) >= 11 is 6.35. The average molecular weight is 377 g/mol. The number of aromatic amines is 1. The van der Waals surface area contributed by atoms with Gasteiger partial charge in [0, 0.05) is 22.9 Å². The topological polar surface area (TPSA) is 101 Å². The number of nitrogens with one attached hydrogen (secondary N) is 1. The van der Waals surface area contributed by atoms with Crippen LogP contribution in [0.3, 0.4) is 0 Å². The van der Waals surface area contributed by atoms with Gasteiger partial charge in [0.2, 0.25) is 0 Å². The van der Waals surface area contributed by atoms with Gasteiger partial charge in [0.15, 0.2) is 18.1 Å². The van der Waals surface area contributed by atoms with E-state index in [9.17, 15) is 14.9 Å². The third-order valence-corrected chi connectivity index (χ3v) is 3.79. The summed E-state index contributed by atoms with van der Waals surface area (Å²) in [7, 11) is 1.25. The van der Waals surface area contributed by atoms with Gasteiger partial charge in [0.05, 0.1) is 18.7 Å². The molecule has 1 N–H and O–H groups in total. The number of halogens is 1. The molecular weight excluding hydrogens is 360 g/mol. The molecule has 2 rings (SSSR count). The number of carbonyl (C=O) groups excluding carboxylic acids is 1. The lowest BCUT2D eigenvalue weighted by Crippen LogP contribution is -2.14. The molecule has 0 saturated heterocycles. The van der Waals surface area contributed by atoms with E-state index >= 15 is 0 Å². The molecule has 2 aromatic rings. The molecule has 0 bridgehead atoms. The van der Waals surface area contributed by atoms with Crippen LogP contribution in [0.2, 0.25) is 5.02 Å². The van der Waals surface area contributed by atoms with Crippen LogP contribution in [-0.2, 0) is 9.53 Å². The Kier molecular flexibility index (Phi) is 6.26. The predicted molar refractivity (Wildman–Crippen MR) is 95.6 cm³/mol. The summed E-state index contributed by atoms with van der Waals surface area (Å²) in [5, 5.41) is 9.57. The molecule has 0 aliphatic carbocycles. The number of pyridine rings is 1. The highest BCUT2D eigenvalue weighted by molar-refractivity contribution is 6.33. The molecule has 8 heteroatoms. The number of aromatic nitrogens is 1. The Labute approximate surface area is 155 Å². The van der Waals surface area contributed by atoms with E-state index in [0.717, 1.165) is 0 Å². The van der Waals surface area contributed by atoms with Crippen LogP contribution in [-0.4, -0.2) is 31.3 Å². The van der Waals surface area contributed by atoms with Gasteiger partial charge in [-0.3, -0.25) is 4.79 Å². The number of benzene rings is 1. The highest BCUT2D eigenvalue weighted by atomic mass is 35.5. The van der Waals surface area contributed by atoms with Crippen molar-refractivity contribution in [1.29, 1.82) is 5.26 Å². The summed E-state index contributed by atoms with van der Waals surface area (Å²) in [6, 6.07) is 6.61. The number of carbonyl (C=O) groups is 1. The zero-order valence-corrected chi connectivity index (χ0v) is 15.3. The minimum Gasteiger partial charge on any atom is -0.490 e. The fourth-order valence-electron chi connectivity index (χ4n) is 2.33. The fourth-order valence-corrected chi connectivity index (χ4v) is 2.59. The molecule has 0 aliphatic heterocycles. The van der Waals surface area contributed by atoms with Gasteiger partial charge in [0.1, 0.15) is 11.6 Å². The lowest BCUT2D eigenvalue weighted by Gasteiger charge is -2.15. The maximum absolute atomic E-state index is 12.0. The Hall–Kier alpha value is -2.98. The van der Waals surface area contributed by atoms with Crippen LogP contribution < -0.4 is 15.0 Å². The van der Waals surface area contributed by atoms with Crippen molar-refractivity contribution in [3.8, 4) is 28.7 Å². The summed E-state index contributed by atoms with van der Waals surface area (Å²) in [6.07, 6.45) is 0. The maximum Gasteiger partial charge on any atom is 0.343 e. The molecule has 1 aromatic carbocycles. The van der Waals surface area contributed by atoms with E-state index in [2.05, 4.69) is 9.72 Å². The number of nitrogens with zero attached hydrogens (tertiary/aromatic N) is 1. The number of nitriles is 1. The number of hydrogen-bond acceptors (Lipinski definition) is 6. The van der Waals surface area contributed by atoms with Crippen molar-refractivity contribution >= 4 is 17.6 Å². The van der Waals surface area contributed by atoms with Gasteiger partial charge in [-0.2, -0.15) is 5.26 Å². The first-order valence-electron chi connectivity index (χ1n) is 7.71. The Morgan fingerprint density at radius 3 is 2.54 bits per heavy atom. The second kappa shape index (κ2) is 8.41. The van der Waals surface area contributed by atoms with Crippen molar-refractivity contribution in [3.63, 3.8) is 0 Å². The van der Waals surface area contributed by atoms with Crippen LogP contribution in [0.25, 0.3) is 11.1 Å². The lowest BCUT2D eigenvalue weighted by molar-refractivity contribution is -0.142. The third-order valence-electron chi connectivity index (χ3n) is 3.48. The number of ether oxygens (including phenoxy) is 3. The Morgan fingerprint density at radius 2 is 1.92 bits per heavy atom. The lowest BCUT2D eigenvalue weighted by atomic mass is 10.0. The number of H-pyrrole nitrogens is 1. The van der Waals surface area contributed by atoms with E-state index in [1.807, 2.05) is 6.07 Å². The summed E-state index contributed by atoms with van der Waals surface area (Å²) in [6.45, 7) is 3.53. The van der Waals surface area contributed by atoms with Crippen LogP contribution in [0.5, 0.6) is 11.5 Å². The Morgan fingerprint density at radius 1 is 1.23 bits per heavy atom. The molecule has 1 aromatic heterocycles. The highest BCUT2D eigenvalue weighted by Crippen LogP contribution is 2.39. The molecule has 0 saturated carbocycles. The van der Waals surface area contributed by atoms with Crippen LogP contribution in [0.15, 0.2) is 23.0 Å². The number of methoxy groups -OCH3 is 1. The normalized spacial score (nSPS) is 10.1. The molecule has 0 atom stereocenters. The molecule has 0 aliphatic rings. The van der Waals surface area contributed by atoms with Crippen LogP contribution >= 0.6 is 11.6 Å². The van der Waals surface area contributed by atoms with Gasteiger partial charge < -0.3 is 19.2 Å². The van der Waals surface area contributed by atoms with Crippen molar-refractivity contribution in [2.24, 2.45) is 0 Å². The first kappa shape index (κ1) is 19.3. The van der Waals surface area contributed by atoms with Crippen molar-refractivity contribution < 1.29 is 19.0 Å². The third kappa shape index (κ3) is 4.16. The highest BCUT2D eigenvalue weighted by Gasteiger charge is 2.18. The van der Waals surface area contributed by atoms with E-state index in [1.165, 1.54) is 13.2 Å². The first-order valence-corrected chi connectivity index (χ1v) is 8.09. The smallest absolute Gasteiger partial charge is 0.343 e. The minimum absolute atomic E-state index is 0.0526. The zero-order valence-electron chi connectivity index (χ0n) is 14.5. The molecule has 136 valence electrons. The zero-order chi connectivity index (χ0) is 19.3. The van der Waals surface area contributed by atoms with Crippen molar-refractivity contribution in [1.82, 2.24) is 4.98 Å². The summed E-state index contributed by atoms with van der Waals surface area (Å²) in [5.74, 6) is 0.0355. The van der Waals surface area contributed by atoms with E-state index < -0.39 is 11.5 Å². The van der Waals surface area contributed by atoms with Crippen molar-refractivity contribution in [2.75, 3.05) is 20.3 Å². The van der Waals surface area contributed by atoms with Gasteiger partial charge in [-0.15, -0.1) is 0 Å². The van der Waals surface area contributed by atoms with Crippen LogP contribution in [0, 0.1) is 18.3 Å². The van der Waals surface area contributed by atoms with E-state index in [1.54, 1.807) is 26.0 Å². The van der Waals surface area contributed by atoms with E-state index in [-0.39, 0.29) is 22.9 Å². The fraction of sp³-hybridized carbons (Fsp3) is 0.278. The average Bonchev–Trinajstić information content (AvgIpc) is 2.60. The van der Waals surface area contributed by atoms with E-state index in [0.29, 0.717) is 29.2 Å². The molecule has 0 fully saturated rings. The molecule has 1 heterocycles. The van der Waals surface area contributed by atoms with Crippen LogP contribution in [0.1, 0.15) is 18.2 Å². The molecule has 26 heavy (non-hydrogen) atoms. The summed E-state index contributed by atoms with van der Waals surface area (Å²) in [5.41, 5.74) is 0.875.